The molecule has 0 radical (unpaired) electrons. The van der Waals surface area contributed by atoms with E-state index in [4.69, 9.17) is 0 Å². The van der Waals surface area contributed by atoms with E-state index < -0.39 is 0 Å². The number of β-amino-alcohol motifs (C(OH)–C–C–N with tert-alkyl or cyclic N) is 1. The third kappa shape index (κ3) is 2.31. The van der Waals surface area contributed by atoms with Crippen LogP contribution in [0.15, 0.2) is 0 Å². The van der Waals surface area contributed by atoms with Gasteiger partial charge < -0.3 is 10.0 Å². The molecule has 2 aliphatic heterocycles. The molecular formula is C11H19NO2S. The highest BCUT2D eigenvalue weighted by atomic mass is 32.2. The molecule has 2 aliphatic rings. The Morgan fingerprint density at radius 1 is 1.53 bits per heavy atom. The number of thioether (sulfide) groups is 1. The molecule has 1 unspecified atom stereocenters. The fourth-order valence-electron chi connectivity index (χ4n) is 2.42. The Bertz CT molecular complexity index is 251. The van der Waals surface area contributed by atoms with Crippen molar-refractivity contribution in [2.24, 2.45) is 0 Å². The van der Waals surface area contributed by atoms with Crippen LogP contribution in [0.5, 0.6) is 0 Å². The molecule has 0 aromatic carbocycles. The second-order valence-corrected chi connectivity index (χ2v) is 6.33. The summed E-state index contributed by atoms with van der Waals surface area (Å²) in [6, 6.07) is 0. The number of hydrogen-bond donors (Lipinski definition) is 1. The normalized spacial score (nSPS) is 36.9. The Hall–Kier alpha value is -0.220. The minimum absolute atomic E-state index is 0.211. The van der Waals surface area contributed by atoms with E-state index in [0.717, 1.165) is 38.0 Å². The van der Waals surface area contributed by atoms with Crippen molar-refractivity contribution in [3.8, 4) is 0 Å². The summed E-state index contributed by atoms with van der Waals surface area (Å²) in [5.74, 6) is 1.34. The summed E-state index contributed by atoms with van der Waals surface area (Å²) < 4.78 is -0.211. The molecule has 2 atom stereocenters. The molecule has 3 nitrogen and oxygen atoms in total. The minimum atomic E-state index is -0.308. The third-order valence-electron chi connectivity index (χ3n) is 3.35. The topological polar surface area (TPSA) is 40.5 Å². The maximum Gasteiger partial charge on any atom is 0.238 e. The van der Waals surface area contributed by atoms with Gasteiger partial charge in [0.15, 0.2) is 0 Å². The fraction of sp³-hybridized carbons (Fsp3) is 0.909. The lowest BCUT2D eigenvalue weighted by Crippen LogP contribution is -2.49. The van der Waals surface area contributed by atoms with E-state index in [1.54, 1.807) is 11.8 Å². The molecule has 2 rings (SSSR count). The lowest BCUT2D eigenvalue weighted by atomic mass is 10.0. The summed E-state index contributed by atoms with van der Waals surface area (Å²) >= 11 is 1.77. The van der Waals surface area contributed by atoms with Crippen LogP contribution in [0.3, 0.4) is 0 Å². The molecule has 4 heteroatoms. The van der Waals surface area contributed by atoms with Crippen molar-refractivity contribution < 1.29 is 9.90 Å². The van der Waals surface area contributed by atoms with Gasteiger partial charge in [-0.25, -0.2) is 0 Å². The highest BCUT2D eigenvalue weighted by Crippen LogP contribution is 2.39. The zero-order valence-corrected chi connectivity index (χ0v) is 10.1. The van der Waals surface area contributed by atoms with E-state index in [1.165, 1.54) is 0 Å². The van der Waals surface area contributed by atoms with Crippen LogP contribution >= 0.6 is 11.8 Å². The van der Waals surface area contributed by atoms with E-state index in [9.17, 15) is 9.90 Å². The van der Waals surface area contributed by atoms with Gasteiger partial charge in [-0.2, -0.15) is 0 Å². The Kier molecular flexibility index (Phi) is 3.26. The van der Waals surface area contributed by atoms with Crippen molar-refractivity contribution >= 4 is 17.7 Å². The fourth-order valence-corrected chi connectivity index (χ4v) is 3.70. The Morgan fingerprint density at radius 3 is 2.93 bits per heavy atom. The predicted molar refractivity (Wildman–Crippen MR) is 61.9 cm³/mol. The van der Waals surface area contributed by atoms with E-state index in [2.05, 4.69) is 0 Å². The highest BCUT2D eigenvalue weighted by molar-refractivity contribution is 8.01. The standard InChI is InChI=1S/C11H19NO2S/c1-11(5-3-7-15-11)10(14)12-6-2-4-9(13)8-12/h9,13H,2-8H2,1H3/t9-,11?/m0/s1. The molecule has 0 aliphatic carbocycles. The Morgan fingerprint density at radius 2 is 2.33 bits per heavy atom. The van der Waals surface area contributed by atoms with E-state index in [0.29, 0.717) is 6.54 Å². The number of nitrogens with zero attached hydrogens (tertiary/aromatic N) is 1. The average molecular weight is 229 g/mol. The van der Waals surface area contributed by atoms with Crippen LogP contribution < -0.4 is 0 Å². The van der Waals surface area contributed by atoms with Crippen LogP contribution in [0.1, 0.15) is 32.6 Å². The van der Waals surface area contributed by atoms with Crippen LogP contribution in [0.2, 0.25) is 0 Å². The van der Waals surface area contributed by atoms with Crippen LogP contribution in [0.25, 0.3) is 0 Å². The molecule has 2 heterocycles. The van der Waals surface area contributed by atoms with E-state index >= 15 is 0 Å². The number of carbonyl (C=O) groups is 1. The molecule has 1 N–H and O–H groups in total. The predicted octanol–water partition coefficient (Wildman–Crippen LogP) is 1.26. The number of piperidine rings is 1. The van der Waals surface area contributed by atoms with Gasteiger partial charge in [-0.15, -0.1) is 11.8 Å². The van der Waals surface area contributed by atoms with Crippen molar-refractivity contribution in [1.29, 1.82) is 0 Å². The van der Waals surface area contributed by atoms with Gasteiger partial charge in [0.25, 0.3) is 0 Å². The molecule has 2 saturated heterocycles. The summed E-state index contributed by atoms with van der Waals surface area (Å²) in [7, 11) is 0. The van der Waals surface area contributed by atoms with Gasteiger partial charge in [0.1, 0.15) is 0 Å². The van der Waals surface area contributed by atoms with Crippen molar-refractivity contribution in [3.05, 3.63) is 0 Å². The maximum atomic E-state index is 12.3. The van der Waals surface area contributed by atoms with Crippen molar-refractivity contribution in [2.45, 2.75) is 43.5 Å². The molecule has 86 valence electrons. The van der Waals surface area contributed by atoms with Gasteiger partial charge in [-0.05, 0) is 38.4 Å². The number of rotatable bonds is 1. The van der Waals surface area contributed by atoms with Crippen molar-refractivity contribution in [2.75, 3.05) is 18.8 Å². The summed E-state index contributed by atoms with van der Waals surface area (Å²) in [5.41, 5.74) is 0. The first-order chi connectivity index (χ1) is 7.12. The molecule has 0 spiro atoms. The van der Waals surface area contributed by atoms with Gasteiger partial charge in [0.2, 0.25) is 5.91 Å². The molecule has 1 amide bonds. The number of amides is 1. The van der Waals surface area contributed by atoms with Crippen molar-refractivity contribution in [1.82, 2.24) is 4.90 Å². The Labute approximate surface area is 95.2 Å². The summed E-state index contributed by atoms with van der Waals surface area (Å²) in [5, 5.41) is 9.55. The van der Waals surface area contributed by atoms with Gasteiger partial charge in [0.05, 0.1) is 10.9 Å². The third-order valence-corrected chi connectivity index (χ3v) is 4.86. The average Bonchev–Trinajstić information content (AvgIpc) is 2.65. The lowest BCUT2D eigenvalue weighted by Gasteiger charge is -2.35. The van der Waals surface area contributed by atoms with Gasteiger partial charge in [-0.3, -0.25) is 4.79 Å². The number of aliphatic hydroxyl groups excluding tert-OH is 1. The number of hydrogen-bond acceptors (Lipinski definition) is 3. The summed E-state index contributed by atoms with van der Waals surface area (Å²) in [6.45, 7) is 3.41. The molecule has 15 heavy (non-hydrogen) atoms. The molecule has 0 aromatic rings. The van der Waals surface area contributed by atoms with Crippen LogP contribution in [-0.2, 0) is 4.79 Å². The summed E-state index contributed by atoms with van der Waals surface area (Å²) in [4.78, 5) is 14.1. The largest absolute Gasteiger partial charge is 0.391 e. The first-order valence-corrected chi connectivity index (χ1v) is 6.72. The highest BCUT2D eigenvalue weighted by Gasteiger charge is 2.40. The first kappa shape index (κ1) is 11.3. The maximum absolute atomic E-state index is 12.3. The monoisotopic (exact) mass is 229 g/mol. The van der Waals surface area contributed by atoms with E-state index in [-0.39, 0.29) is 16.8 Å². The molecule has 0 aromatic heterocycles. The minimum Gasteiger partial charge on any atom is -0.391 e. The summed E-state index contributed by atoms with van der Waals surface area (Å²) in [6.07, 6.45) is 3.60. The lowest BCUT2D eigenvalue weighted by molar-refractivity contribution is -0.136. The van der Waals surface area contributed by atoms with E-state index in [1.807, 2.05) is 11.8 Å². The van der Waals surface area contributed by atoms with Crippen LogP contribution in [0, 0.1) is 0 Å². The zero-order chi connectivity index (χ0) is 10.9. The molecule has 0 bridgehead atoms. The molecular weight excluding hydrogens is 210 g/mol. The smallest absolute Gasteiger partial charge is 0.238 e. The first-order valence-electron chi connectivity index (χ1n) is 5.73. The molecule has 2 fully saturated rings. The second-order valence-electron chi connectivity index (χ2n) is 4.73. The Balaban J connectivity index is 2.00. The van der Waals surface area contributed by atoms with Gasteiger partial charge in [0, 0.05) is 13.1 Å². The number of carbonyl (C=O) groups excluding carboxylic acids is 1. The van der Waals surface area contributed by atoms with Gasteiger partial charge >= 0.3 is 0 Å². The second kappa shape index (κ2) is 4.34. The zero-order valence-electron chi connectivity index (χ0n) is 9.24. The van der Waals surface area contributed by atoms with Gasteiger partial charge in [-0.1, -0.05) is 0 Å². The van der Waals surface area contributed by atoms with Crippen LogP contribution in [0.4, 0.5) is 0 Å². The number of aliphatic hydroxyl groups is 1. The van der Waals surface area contributed by atoms with Crippen LogP contribution in [-0.4, -0.2) is 45.6 Å². The molecule has 0 saturated carbocycles. The van der Waals surface area contributed by atoms with Crippen molar-refractivity contribution in [3.63, 3.8) is 0 Å². The number of likely N-dealkylation sites (tertiary alicyclic amines) is 1. The quantitative estimate of drug-likeness (QED) is 0.736. The SMILES string of the molecule is CC1(C(=O)N2CCC[C@H](O)C2)CCCS1.